The fourth-order valence-corrected chi connectivity index (χ4v) is 2.59. The zero-order valence-corrected chi connectivity index (χ0v) is 13.3. The number of urea groups is 1. The molecule has 1 aromatic carbocycles. The highest BCUT2D eigenvalue weighted by atomic mass is 16.5. The normalized spacial score (nSPS) is 15.3. The topological polar surface area (TPSA) is 61.9 Å². The van der Waals surface area contributed by atoms with E-state index in [4.69, 9.17) is 4.74 Å². The first-order valence-electron chi connectivity index (χ1n) is 7.43. The molecule has 0 aromatic heterocycles. The van der Waals surface area contributed by atoms with Crippen LogP contribution in [-0.2, 0) is 0 Å². The molecular formula is C16H23N3O3. The van der Waals surface area contributed by atoms with Crippen molar-refractivity contribution in [2.75, 3.05) is 34.3 Å². The van der Waals surface area contributed by atoms with Gasteiger partial charge in [0.05, 0.1) is 12.7 Å². The Morgan fingerprint density at radius 1 is 1.23 bits per heavy atom. The molecular weight excluding hydrogens is 282 g/mol. The molecule has 0 aliphatic carbocycles. The Morgan fingerprint density at radius 3 is 2.45 bits per heavy atom. The summed E-state index contributed by atoms with van der Waals surface area (Å²) in [7, 11) is 5.05. The van der Waals surface area contributed by atoms with Crippen molar-refractivity contribution in [3.8, 4) is 5.75 Å². The van der Waals surface area contributed by atoms with Gasteiger partial charge in [0.25, 0.3) is 5.91 Å². The van der Waals surface area contributed by atoms with Crippen LogP contribution in [0.2, 0.25) is 0 Å². The molecule has 0 unspecified atom stereocenters. The van der Waals surface area contributed by atoms with Gasteiger partial charge < -0.3 is 19.9 Å². The van der Waals surface area contributed by atoms with E-state index in [0.717, 1.165) is 12.8 Å². The van der Waals surface area contributed by atoms with Gasteiger partial charge in [0.2, 0.25) is 0 Å². The summed E-state index contributed by atoms with van der Waals surface area (Å²) in [5, 5.41) is 3.03. The van der Waals surface area contributed by atoms with Gasteiger partial charge in [0.15, 0.2) is 0 Å². The number of rotatable bonds is 3. The SMILES string of the molecule is COc1ccccc1C(=O)NC1CCN(C(=O)N(C)C)CC1. The third-order valence-corrected chi connectivity index (χ3v) is 3.83. The minimum atomic E-state index is -0.130. The number of nitrogens with one attached hydrogen (secondary N) is 1. The smallest absolute Gasteiger partial charge is 0.319 e. The second-order valence-corrected chi connectivity index (χ2v) is 5.61. The van der Waals surface area contributed by atoms with E-state index in [1.54, 1.807) is 38.2 Å². The first kappa shape index (κ1) is 16.1. The molecule has 0 saturated carbocycles. The van der Waals surface area contributed by atoms with E-state index in [1.165, 1.54) is 0 Å². The standard InChI is InChI=1S/C16H23N3O3/c1-18(2)16(21)19-10-8-12(9-11-19)17-15(20)13-6-4-5-7-14(13)22-3/h4-7,12H,8-11H2,1-3H3,(H,17,20). The third kappa shape index (κ3) is 3.69. The maximum Gasteiger partial charge on any atom is 0.319 e. The van der Waals surface area contributed by atoms with Gasteiger partial charge in [-0.3, -0.25) is 4.79 Å². The number of benzene rings is 1. The van der Waals surface area contributed by atoms with E-state index in [9.17, 15) is 9.59 Å². The molecule has 1 N–H and O–H groups in total. The summed E-state index contributed by atoms with van der Waals surface area (Å²) >= 11 is 0. The van der Waals surface area contributed by atoms with Crippen molar-refractivity contribution < 1.29 is 14.3 Å². The molecule has 22 heavy (non-hydrogen) atoms. The van der Waals surface area contributed by atoms with Gasteiger partial charge in [-0.1, -0.05) is 12.1 Å². The summed E-state index contributed by atoms with van der Waals surface area (Å²) in [6.45, 7) is 1.32. The zero-order valence-electron chi connectivity index (χ0n) is 13.3. The van der Waals surface area contributed by atoms with Crippen LogP contribution in [0.5, 0.6) is 5.75 Å². The van der Waals surface area contributed by atoms with Crippen LogP contribution in [-0.4, -0.2) is 62.1 Å². The predicted molar refractivity (Wildman–Crippen MR) is 84.1 cm³/mol. The molecule has 1 aliphatic rings. The molecule has 3 amide bonds. The molecule has 1 aliphatic heterocycles. The first-order chi connectivity index (χ1) is 10.5. The van der Waals surface area contributed by atoms with Crippen LogP contribution < -0.4 is 10.1 Å². The summed E-state index contributed by atoms with van der Waals surface area (Å²) in [5.41, 5.74) is 0.539. The highest BCUT2D eigenvalue weighted by Gasteiger charge is 2.25. The molecule has 0 spiro atoms. The average molecular weight is 305 g/mol. The van der Waals surface area contributed by atoms with Gasteiger partial charge in [0.1, 0.15) is 5.75 Å². The van der Waals surface area contributed by atoms with Crippen LogP contribution in [0.3, 0.4) is 0 Å². The fourth-order valence-electron chi connectivity index (χ4n) is 2.59. The number of likely N-dealkylation sites (tertiary alicyclic amines) is 1. The molecule has 6 heteroatoms. The average Bonchev–Trinajstić information content (AvgIpc) is 2.54. The monoisotopic (exact) mass is 305 g/mol. The molecule has 0 radical (unpaired) electrons. The number of para-hydroxylation sites is 1. The quantitative estimate of drug-likeness (QED) is 0.922. The van der Waals surface area contributed by atoms with Crippen LogP contribution in [0, 0.1) is 0 Å². The first-order valence-corrected chi connectivity index (χ1v) is 7.43. The Balaban J connectivity index is 1.91. The minimum absolute atomic E-state index is 0.0227. The van der Waals surface area contributed by atoms with Gasteiger partial charge in [0, 0.05) is 33.2 Å². The lowest BCUT2D eigenvalue weighted by atomic mass is 10.0. The molecule has 1 saturated heterocycles. The largest absolute Gasteiger partial charge is 0.496 e. The minimum Gasteiger partial charge on any atom is -0.496 e. The molecule has 2 rings (SSSR count). The lowest BCUT2D eigenvalue weighted by Crippen LogP contribution is -2.49. The van der Waals surface area contributed by atoms with Crippen molar-refractivity contribution >= 4 is 11.9 Å². The van der Waals surface area contributed by atoms with Crippen LogP contribution in [0.4, 0.5) is 4.79 Å². The van der Waals surface area contributed by atoms with E-state index < -0.39 is 0 Å². The Morgan fingerprint density at radius 2 is 1.86 bits per heavy atom. The Bertz CT molecular complexity index is 537. The van der Waals surface area contributed by atoms with Crippen LogP contribution in [0.25, 0.3) is 0 Å². The number of piperidine rings is 1. The number of hydrogen-bond acceptors (Lipinski definition) is 3. The van der Waals surface area contributed by atoms with Crippen LogP contribution in [0.1, 0.15) is 23.2 Å². The van der Waals surface area contributed by atoms with Crippen molar-refractivity contribution in [1.29, 1.82) is 0 Å². The zero-order chi connectivity index (χ0) is 16.1. The number of hydrogen-bond donors (Lipinski definition) is 1. The summed E-state index contributed by atoms with van der Waals surface area (Å²) < 4.78 is 5.21. The van der Waals surface area contributed by atoms with Crippen molar-refractivity contribution in [3.63, 3.8) is 0 Å². The Kier molecular flexibility index (Phi) is 5.25. The number of carbonyl (C=O) groups excluding carboxylic acids is 2. The van der Waals surface area contributed by atoms with E-state index in [2.05, 4.69) is 5.32 Å². The van der Waals surface area contributed by atoms with Crippen molar-refractivity contribution in [2.45, 2.75) is 18.9 Å². The fraction of sp³-hybridized carbons (Fsp3) is 0.500. The predicted octanol–water partition coefficient (Wildman–Crippen LogP) is 1.57. The number of ether oxygens (including phenoxy) is 1. The molecule has 0 bridgehead atoms. The maximum atomic E-state index is 12.3. The molecule has 0 atom stereocenters. The highest BCUT2D eigenvalue weighted by molar-refractivity contribution is 5.97. The lowest BCUT2D eigenvalue weighted by molar-refractivity contribution is 0.0911. The van der Waals surface area contributed by atoms with Gasteiger partial charge in [-0.05, 0) is 25.0 Å². The van der Waals surface area contributed by atoms with Crippen molar-refractivity contribution in [3.05, 3.63) is 29.8 Å². The number of carbonyl (C=O) groups is 2. The van der Waals surface area contributed by atoms with Gasteiger partial charge in [-0.25, -0.2) is 4.79 Å². The highest BCUT2D eigenvalue weighted by Crippen LogP contribution is 2.18. The van der Waals surface area contributed by atoms with Crippen molar-refractivity contribution in [1.82, 2.24) is 15.1 Å². The summed E-state index contributed by atoms with van der Waals surface area (Å²) in [4.78, 5) is 27.6. The second kappa shape index (κ2) is 7.15. The van der Waals surface area contributed by atoms with Gasteiger partial charge >= 0.3 is 6.03 Å². The number of methoxy groups -OCH3 is 1. The van der Waals surface area contributed by atoms with E-state index in [0.29, 0.717) is 24.4 Å². The molecule has 1 fully saturated rings. The maximum absolute atomic E-state index is 12.3. The van der Waals surface area contributed by atoms with Crippen molar-refractivity contribution in [2.24, 2.45) is 0 Å². The van der Waals surface area contributed by atoms with Gasteiger partial charge in [-0.15, -0.1) is 0 Å². The lowest BCUT2D eigenvalue weighted by Gasteiger charge is -2.34. The number of amides is 3. The Hall–Kier alpha value is -2.24. The summed E-state index contributed by atoms with van der Waals surface area (Å²) in [6, 6.07) is 7.28. The van der Waals surface area contributed by atoms with E-state index in [-0.39, 0.29) is 18.0 Å². The molecule has 120 valence electrons. The number of nitrogens with zero attached hydrogens (tertiary/aromatic N) is 2. The van der Waals surface area contributed by atoms with Gasteiger partial charge in [-0.2, -0.15) is 0 Å². The van der Waals surface area contributed by atoms with Crippen LogP contribution in [0.15, 0.2) is 24.3 Å². The van der Waals surface area contributed by atoms with E-state index in [1.807, 2.05) is 17.0 Å². The third-order valence-electron chi connectivity index (χ3n) is 3.83. The summed E-state index contributed by atoms with van der Waals surface area (Å²) in [6.07, 6.45) is 1.53. The van der Waals surface area contributed by atoms with E-state index >= 15 is 0 Å². The summed E-state index contributed by atoms with van der Waals surface area (Å²) in [5.74, 6) is 0.440. The second-order valence-electron chi connectivity index (χ2n) is 5.61. The van der Waals surface area contributed by atoms with Crippen LogP contribution >= 0.6 is 0 Å². The Labute approximate surface area is 131 Å². The molecule has 1 heterocycles. The molecule has 6 nitrogen and oxygen atoms in total. The molecule has 1 aromatic rings.